The highest BCUT2D eigenvalue weighted by atomic mass is 16.6. The fourth-order valence-corrected chi connectivity index (χ4v) is 2.77. The topological polar surface area (TPSA) is 81.4 Å². The molecule has 130 valence electrons. The van der Waals surface area contributed by atoms with Crippen molar-refractivity contribution in [3.63, 3.8) is 0 Å². The van der Waals surface area contributed by atoms with E-state index in [1.54, 1.807) is 0 Å². The Hall–Kier alpha value is -2.13. The maximum atomic E-state index is 11.4. The van der Waals surface area contributed by atoms with Gasteiger partial charge in [0.2, 0.25) is 5.88 Å². The second kappa shape index (κ2) is 7.63. The molecule has 2 heterocycles. The Kier molecular flexibility index (Phi) is 5.79. The second-order valence-electron chi connectivity index (χ2n) is 6.50. The molecular weight excluding hydrogens is 308 g/mol. The summed E-state index contributed by atoms with van der Waals surface area (Å²) in [5, 5.41) is 9.61. The Bertz CT molecular complexity index is 662. The van der Waals surface area contributed by atoms with E-state index < -0.39 is 5.97 Å². The molecule has 0 unspecified atom stereocenters. The highest BCUT2D eigenvalue weighted by molar-refractivity contribution is 5.71. The molecule has 0 amide bonds. The fourth-order valence-electron chi connectivity index (χ4n) is 2.77. The van der Waals surface area contributed by atoms with Crippen LogP contribution < -0.4 is 4.74 Å². The van der Waals surface area contributed by atoms with Gasteiger partial charge < -0.3 is 14.2 Å². The van der Waals surface area contributed by atoms with Crippen LogP contribution in [0, 0.1) is 11.3 Å². The Morgan fingerprint density at radius 2 is 2.17 bits per heavy atom. The van der Waals surface area contributed by atoms with Gasteiger partial charge in [0.1, 0.15) is 11.6 Å². The van der Waals surface area contributed by atoms with Crippen LogP contribution in [0.5, 0.6) is 5.88 Å². The van der Waals surface area contributed by atoms with Crippen LogP contribution in [0.2, 0.25) is 0 Å². The molecule has 0 bridgehead atoms. The Morgan fingerprint density at radius 3 is 2.79 bits per heavy atom. The summed E-state index contributed by atoms with van der Waals surface area (Å²) < 4.78 is 16.0. The van der Waals surface area contributed by atoms with Crippen molar-refractivity contribution in [2.75, 3.05) is 13.7 Å². The summed E-state index contributed by atoms with van der Waals surface area (Å²) in [6.07, 6.45) is 3.44. The van der Waals surface area contributed by atoms with Gasteiger partial charge in [-0.05, 0) is 32.3 Å². The van der Waals surface area contributed by atoms with E-state index in [0.717, 1.165) is 36.1 Å². The maximum absolute atomic E-state index is 11.4. The van der Waals surface area contributed by atoms with Gasteiger partial charge in [0, 0.05) is 12.0 Å². The molecule has 1 aliphatic heterocycles. The smallest absolute Gasteiger partial charge is 0.343 e. The molecule has 0 saturated heterocycles. The maximum Gasteiger partial charge on any atom is 0.343 e. The number of aromatic nitrogens is 1. The molecule has 1 aliphatic rings. The minimum absolute atomic E-state index is 0.213. The molecule has 1 aromatic rings. The molecule has 0 aromatic carbocycles. The molecule has 24 heavy (non-hydrogen) atoms. The zero-order valence-electron chi connectivity index (χ0n) is 14.8. The van der Waals surface area contributed by atoms with Crippen molar-refractivity contribution < 1.29 is 19.0 Å². The van der Waals surface area contributed by atoms with Crippen molar-refractivity contribution in [2.45, 2.75) is 58.7 Å². The lowest BCUT2D eigenvalue weighted by molar-refractivity contribution is -0.143. The number of nitrogens with zero attached hydrogens (tertiary/aromatic N) is 2. The van der Waals surface area contributed by atoms with E-state index in [2.05, 4.69) is 22.7 Å². The Balaban J connectivity index is 2.46. The third-order valence-electron chi connectivity index (χ3n) is 4.11. The highest BCUT2D eigenvalue weighted by Gasteiger charge is 2.32. The van der Waals surface area contributed by atoms with Crippen LogP contribution in [0.25, 0.3) is 0 Å². The first-order valence-electron chi connectivity index (χ1n) is 8.20. The number of aryl methyl sites for hydroxylation is 1. The predicted octanol–water partition coefficient (Wildman–Crippen LogP) is 2.70. The third kappa shape index (κ3) is 4.04. The lowest BCUT2D eigenvalue weighted by Gasteiger charge is -2.33. The van der Waals surface area contributed by atoms with Gasteiger partial charge >= 0.3 is 5.97 Å². The van der Waals surface area contributed by atoms with Gasteiger partial charge in [-0.2, -0.15) is 5.26 Å². The van der Waals surface area contributed by atoms with Crippen molar-refractivity contribution >= 4 is 5.97 Å². The van der Waals surface area contributed by atoms with Gasteiger partial charge in [0.15, 0.2) is 6.61 Å². The average molecular weight is 332 g/mol. The van der Waals surface area contributed by atoms with E-state index in [4.69, 9.17) is 9.47 Å². The van der Waals surface area contributed by atoms with Crippen molar-refractivity contribution in [3.8, 4) is 11.9 Å². The molecule has 0 fully saturated rings. The lowest BCUT2D eigenvalue weighted by atomic mass is 9.87. The number of fused-ring (bicyclic) bond motifs is 1. The molecule has 0 aliphatic carbocycles. The fraction of sp³-hybridized carbons (Fsp3) is 0.611. The summed E-state index contributed by atoms with van der Waals surface area (Å²) in [7, 11) is 1.30. The molecule has 6 nitrogen and oxygen atoms in total. The Labute approximate surface area is 142 Å². The van der Waals surface area contributed by atoms with Gasteiger partial charge in [-0.15, -0.1) is 0 Å². The zero-order valence-corrected chi connectivity index (χ0v) is 14.8. The number of carbonyl (C=O) groups is 1. The Morgan fingerprint density at radius 1 is 1.42 bits per heavy atom. The van der Waals surface area contributed by atoms with Crippen LogP contribution in [0.1, 0.15) is 56.0 Å². The summed E-state index contributed by atoms with van der Waals surface area (Å²) in [5.74, 6) is -0.289. The number of methoxy groups -OCH3 is 1. The first-order valence-corrected chi connectivity index (χ1v) is 8.20. The third-order valence-corrected chi connectivity index (χ3v) is 4.11. The van der Waals surface area contributed by atoms with Gasteiger partial charge in [-0.25, -0.2) is 9.78 Å². The molecule has 0 radical (unpaired) electrons. The summed E-state index contributed by atoms with van der Waals surface area (Å²) in [6, 6.07) is 2.19. The number of esters is 1. The van der Waals surface area contributed by atoms with E-state index in [0.29, 0.717) is 18.6 Å². The molecule has 0 spiro atoms. The number of ether oxygens (including phenoxy) is 3. The van der Waals surface area contributed by atoms with Gasteiger partial charge in [-0.1, -0.05) is 13.3 Å². The van der Waals surface area contributed by atoms with Crippen LogP contribution in [0.15, 0.2) is 0 Å². The molecule has 6 heteroatoms. The lowest BCUT2D eigenvalue weighted by Crippen LogP contribution is -2.33. The van der Waals surface area contributed by atoms with Crippen molar-refractivity contribution in [1.82, 2.24) is 4.98 Å². The van der Waals surface area contributed by atoms with Crippen LogP contribution in [0.3, 0.4) is 0 Å². The summed E-state index contributed by atoms with van der Waals surface area (Å²) in [6.45, 7) is 6.30. The van der Waals surface area contributed by atoms with Gasteiger partial charge in [-0.3, -0.25) is 0 Å². The van der Waals surface area contributed by atoms with Crippen LogP contribution in [0.4, 0.5) is 0 Å². The van der Waals surface area contributed by atoms with E-state index in [-0.39, 0.29) is 18.1 Å². The number of nitriles is 1. The quantitative estimate of drug-likeness (QED) is 0.745. The van der Waals surface area contributed by atoms with Gasteiger partial charge in [0.05, 0.1) is 25.0 Å². The van der Waals surface area contributed by atoms with Crippen molar-refractivity contribution in [2.24, 2.45) is 0 Å². The number of hydrogen-bond acceptors (Lipinski definition) is 6. The summed E-state index contributed by atoms with van der Waals surface area (Å²) in [5.41, 5.74) is 2.85. The van der Waals surface area contributed by atoms with Crippen molar-refractivity contribution in [3.05, 3.63) is 22.4 Å². The molecule has 1 aromatic heterocycles. The van der Waals surface area contributed by atoms with Crippen LogP contribution in [-0.2, 0) is 33.7 Å². The first-order chi connectivity index (χ1) is 11.4. The van der Waals surface area contributed by atoms with Crippen LogP contribution >= 0.6 is 0 Å². The van der Waals surface area contributed by atoms with E-state index in [1.807, 2.05) is 13.8 Å². The van der Waals surface area contributed by atoms with E-state index >= 15 is 0 Å². The zero-order chi connectivity index (χ0) is 17.7. The normalized spacial score (nSPS) is 15.3. The molecule has 0 saturated carbocycles. The number of unbranched alkanes of at least 4 members (excludes halogenated alkanes) is 1. The van der Waals surface area contributed by atoms with Crippen molar-refractivity contribution in [1.29, 1.82) is 5.26 Å². The molecular formula is C18H24N2O4. The number of hydrogen-bond donors (Lipinski definition) is 0. The SMILES string of the molecule is CCCCc1nc(OCC(=O)OC)c(C#N)c2c1COC(C)(C)C2. The number of pyridine rings is 1. The minimum atomic E-state index is -0.503. The van der Waals surface area contributed by atoms with Gasteiger partial charge in [0.25, 0.3) is 0 Å². The average Bonchev–Trinajstić information content (AvgIpc) is 2.56. The first kappa shape index (κ1) is 18.2. The van der Waals surface area contributed by atoms with Crippen LogP contribution in [-0.4, -0.2) is 30.3 Å². The molecule has 0 atom stereocenters. The summed E-state index contributed by atoms with van der Waals surface area (Å²) >= 11 is 0. The minimum Gasteiger partial charge on any atom is -0.466 e. The van der Waals surface area contributed by atoms with E-state index in [1.165, 1.54) is 7.11 Å². The molecule has 2 rings (SSSR count). The number of carbonyl (C=O) groups excluding carboxylic acids is 1. The summed E-state index contributed by atoms with van der Waals surface area (Å²) in [4.78, 5) is 15.9. The standard InChI is InChI=1S/C18H24N2O4/c1-5-6-7-15-14-10-24-18(2,3)8-12(14)13(9-19)17(20-15)23-11-16(21)22-4/h5-8,10-11H2,1-4H3. The predicted molar refractivity (Wildman–Crippen MR) is 87.6 cm³/mol. The van der Waals surface area contributed by atoms with E-state index in [9.17, 15) is 10.1 Å². The highest BCUT2D eigenvalue weighted by Crippen LogP contribution is 2.35. The number of rotatable bonds is 6. The second-order valence-corrected chi connectivity index (χ2v) is 6.50. The molecule has 0 N–H and O–H groups in total. The monoisotopic (exact) mass is 332 g/mol. The largest absolute Gasteiger partial charge is 0.466 e.